The van der Waals surface area contributed by atoms with Crippen molar-refractivity contribution in [1.29, 1.82) is 0 Å². The summed E-state index contributed by atoms with van der Waals surface area (Å²) in [6, 6.07) is 0. The summed E-state index contributed by atoms with van der Waals surface area (Å²) in [4.78, 5) is 38.2. The predicted octanol–water partition coefficient (Wildman–Crippen LogP) is 19.5. The maximum Gasteiger partial charge on any atom is 0.306 e. The smallest absolute Gasteiger partial charge is 0.306 e. The zero-order chi connectivity index (χ0) is 50.0. The second kappa shape index (κ2) is 57.2. The second-order valence-corrected chi connectivity index (χ2v) is 19.3. The number of ether oxygens (including phenoxy) is 3. The van der Waals surface area contributed by atoms with Gasteiger partial charge in [0.15, 0.2) is 6.10 Å². The Kier molecular flexibility index (Phi) is 54.3. The first-order valence-corrected chi connectivity index (χ1v) is 29.1. The Morgan fingerprint density at radius 2 is 0.623 bits per heavy atom. The number of unbranched alkanes of at least 4 members (excludes halogenated alkanes) is 30. The van der Waals surface area contributed by atoms with Gasteiger partial charge in [0.25, 0.3) is 0 Å². The van der Waals surface area contributed by atoms with Crippen LogP contribution in [0.15, 0.2) is 85.1 Å². The Hall–Kier alpha value is -3.41. The molecule has 0 N–H and O–H groups in total. The third-order valence-electron chi connectivity index (χ3n) is 12.4. The first-order chi connectivity index (χ1) is 34.0. The quantitative estimate of drug-likeness (QED) is 0.0199. The third-order valence-corrected chi connectivity index (χ3v) is 12.4. The van der Waals surface area contributed by atoms with Gasteiger partial charge in [-0.25, -0.2) is 0 Å². The minimum atomic E-state index is -0.793. The third kappa shape index (κ3) is 55.4. The van der Waals surface area contributed by atoms with Crippen LogP contribution in [0.3, 0.4) is 0 Å². The lowest BCUT2D eigenvalue weighted by Crippen LogP contribution is -2.30. The Balaban J connectivity index is 4.42. The number of hydrogen-bond acceptors (Lipinski definition) is 6. The first-order valence-electron chi connectivity index (χ1n) is 29.1. The Labute approximate surface area is 426 Å². The molecule has 0 amide bonds. The molecule has 0 aromatic carbocycles. The maximum atomic E-state index is 12.9. The highest BCUT2D eigenvalue weighted by atomic mass is 16.6. The van der Waals surface area contributed by atoms with Gasteiger partial charge in [-0.05, 0) is 96.3 Å². The van der Waals surface area contributed by atoms with Gasteiger partial charge >= 0.3 is 17.9 Å². The zero-order valence-corrected chi connectivity index (χ0v) is 45.3. The highest BCUT2D eigenvalue weighted by Crippen LogP contribution is 2.15. The molecule has 0 aliphatic carbocycles. The van der Waals surface area contributed by atoms with Crippen molar-refractivity contribution in [1.82, 2.24) is 0 Å². The van der Waals surface area contributed by atoms with E-state index in [1.807, 2.05) is 0 Å². The lowest BCUT2D eigenvalue weighted by Gasteiger charge is -2.18. The maximum absolute atomic E-state index is 12.9. The predicted molar refractivity (Wildman–Crippen MR) is 297 cm³/mol. The number of rotatable bonds is 52. The summed E-state index contributed by atoms with van der Waals surface area (Å²) in [5.74, 6) is -0.914. The topological polar surface area (TPSA) is 78.9 Å². The normalized spacial score (nSPS) is 12.7. The molecule has 0 saturated heterocycles. The Morgan fingerprint density at radius 1 is 0.319 bits per heavy atom. The van der Waals surface area contributed by atoms with Crippen LogP contribution in [0.5, 0.6) is 0 Å². The van der Waals surface area contributed by atoms with Crippen molar-refractivity contribution in [2.24, 2.45) is 0 Å². The SMILES string of the molecule is CC/C=C\C/C=C\CCCCCCCCCC(=O)OCC(COC(=O)CCCCCCCCCCCC/C=C\C=C/CCCCC)OC(=O)CCCCCCC\C=C/C=C\C=C/CCCCCCC. The fourth-order valence-electron chi connectivity index (χ4n) is 8.06. The average molecular weight is 962 g/mol. The van der Waals surface area contributed by atoms with Crippen LogP contribution >= 0.6 is 0 Å². The molecule has 6 heteroatoms. The van der Waals surface area contributed by atoms with Crippen LogP contribution in [-0.4, -0.2) is 37.2 Å². The van der Waals surface area contributed by atoms with E-state index in [0.29, 0.717) is 19.3 Å². The molecule has 1 unspecified atom stereocenters. The molecule has 0 spiro atoms. The van der Waals surface area contributed by atoms with Gasteiger partial charge in [-0.2, -0.15) is 0 Å². The lowest BCUT2D eigenvalue weighted by molar-refractivity contribution is -0.167. The Bertz CT molecular complexity index is 1330. The van der Waals surface area contributed by atoms with E-state index in [0.717, 1.165) is 103 Å². The molecule has 0 fully saturated rings. The molecule has 69 heavy (non-hydrogen) atoms. The fraction of sp³-hybridized carbons (Fsp3) is 0.730. The molecule has 0 aliphatic heterocycles. The van der Waals surface area contributed by atoms with Crippen molar-refractivity contribution in [3.8, 4) is 0 Å². The summed E-state index contributed by atoms with van der Waals surface area (Å²) in [6.07, 6.45) is 74.2. The average Bonchev–Trinajstić information content (AvgIpc) is 3.35. The summed E-state index contributed by atoms with van der Waals surface area (Å²) in [6.45, 7) is 6.48. The van der Waals surface area contributed by atoms with Crippen LogP contribution in [-0.2, 0) is 28.6 Å². The van der Waals surface area contributed by atoms with Gasteiger partial charge in [0.2, 0.25) is 0 Å². The Morgan fingerprint density at radius 3 is 1.03 bits per heavy atom. The van der Waals surface area contributed by atoms with E-state index in [2.05, 4.69) is 106 Å². The number of esters is 3. The van der Waals surface area contributed by atoms with Gasteiger partial charge in [-0.3, -0.25) is 14.4 Å². The van der Waals surface area contributed by atoms with Crippen molar-refractivity contribution < 1.29 is 28.6 Å². The van der Waals surface area contributed by atoms with Crippen LogP contribution in [0.4, 0.5) is 0 Å². The second-order valence-electron chi connectivity index (χ2n) is 19.3. The van der Waals surface area contributed by atoms with Crippen LogP contribution in [0.1, 0.15) is 278 Å². The molecular formula is C63H108O6. The van der Waals surface area contributed by atoms with Crippen molar-refractivity contribution in [3.05, 3.63) is 85.1 Å². The van der Waals surface area contributed by atoms with Gasteiger partial charge in [0.1, 0.15) is 13.2 Å². The molecule has 0 bridgehead atoms. The van der Waals surface area contributed by atoms with Crippen LogP contribution in [0.2, 0.25) is 0 Å². The molecule has 0 aromatic heterocycles. The minimum Gasteiger partial charge on any atom is -0.462 e. The highest BCUT2D eigenvalue weighted by molar-refractivity contribution is 5.71. The van der Waals surface area contributed by atoms with Crippen molar-refractivity contribution in [2.45, 2.75) is 284 Å². The molecule has 0 rings (SSSR count). The van der Waals surface area contributed by atoms with Gasteiger partial charge in [-0.15, -0.1) is 0 Å². The molecule has 0 saturated carbocycles. The summed E-state index contributed by atoms with van der Waals surface area (Å²) in [5.41, 5.74) is 0. The molecule has 0 aromatic rings. The molecule has 0 heterocycles. The van der Waals surface area contributed by atoms with Crippen molar-refractivity contribution in [3.63, 3.8) is 0 Å². The van der Waals surface area contributed by atoms with E-state index >= 15 is 0 Å². The number of carbonyl (C=O) groups excluding carboxylic acids is 3. The molecule has 0 radical (unpaired) electrons. The fourth-order valence-corrected chi connectivity index (χ4v) is 8.06. The van der Waals surface area contributed by atoms with Crippen LogP contribution < -0.4 is 0 Å². The van der Waals surface area contributed by atoms with Crippen LogP contribution in [0.25, 0.3) is 0 Å². The van der Waals surface area contributed by atoms with Crippen molar-refractivity contribution in [2.75, 3.05) is 13.2 Å². The summed E-state index contributed by atoms with van der Waals surface area (Å²) in [5, 5.41) is 0. The monoisotopic (exact) mass is 961 g/mol. The van der Waals surface area contributed by atoms with E-state index < -0.39 is 6.10 Å². The first kappa shape index (κ1) is 65.6. The summed E-state index contributed by atoms with van der Waals surface area (Å²) < 4.78 is 16.9. The van der Waals surface area contributed by atoms with Crippen molar-refractivity contribution >= 4 is 17.9 Å². The standard InChI is InChI=1S/C63H108O6/c1-4-7-10-13-16-19-22-25-28-30-32-34-35-38-41-44-47-50-53-56-62(65)68-59-60(58-67-61(64)55-52-49-46-43-40-37-27-24-21-18-15-12-9-6-3)69-63(66)57-54-51-48-45-42-39-36-33-31-29-26-23-20-17-14-11-8-5-2/h9,12,16,18-19,21-23,25-26,29,31,33,36,60H,4-8,10-11,13-15,17,20,24,27-28,30,32,34-35,37-59H2,1-3H3/b12-9-,19-16-,21-18-,25-22-,26-23-,31-29-,36-33-. The van der Waals surface area contributed by atoms with E-state index in [1.54, 1.807) is 0 Å². The van der Waals surface area contributed by atoms with E-state index in [4.69, 9.17) is 14.2 Å². The van der Waals surface area contributed by atoms with E-state index in [-0.39, 0.29) is 31.1 Å². The largest absolute Gasteiger partial charge is 0.462 e. The number of allylic oxidation sites excluding steroid dienone is 14. The minimum absolute atomic E-state index is 0.0892. The van der Waals surface area contributed by atoms with Gasteiger partial charge in [0, 0.05) is 19.3 Å². The summed E-state index contributed by atoms with van der Waals surface area (Å²) in [7, 11) is 0. The number of hydrogen-bond donors (Lipinski definition) is 0. The van der Waals surface area contributed by atoms with Gasteiger partial charge in [-0.1, -0.05) is 247 Å². The van der Waals surface area contributed by atoms with Gasteiger partial charge in [0.05, 0.1) is 0 Å². The number of carbonyl (C=O) groups is 3. The van der Waals surface area contributed by atoms with Gasteiger partial charge < -0.3 is 14.2 Å². The summed E-state index contributed by atoms with van der Waals surface area (Å²) >= 11 is 0. The van der Waals surface area contributed by atoms with E-state index in [1.165, 1.54) is 135 Å². The highest BCUT2D eigenvalue weighted by Gasteiger charge is 2.19. The van der Waals surface area contributed by atoms with E-state index in [9.17, 15) is 14.4 Å². The lowest BCUT2D eigenvalue weighted by atomic mass is 10.1. The molecule has 6 nitrogen and oxygen atoms in total. The van der Waals surface area contributed by atoms with Crippen LogP contribution in [0, 0.1) is 0 Å². The molecule has 396 valence electrons. The molecule has 1 atom stereocenters. The molecule has 0 aliphatic rings. The molecular weight excluding hydrogens is 853 g/mol. The zero-order valence-electron chi connectivity index (χ0n) is 45.3.